The van der Waals surface area contributed by atoms with E-state index in [9.17, 15) is 18.0 Å². The topological polar surface area (TPSA) is 33.5 Å². The number of rotatable bonds is 4. The van der Waals surface area contributed by atoms with Gasteiger partial charge in [-0.3, -0.25) is 4.79 Å². The van der Waals surface area contributed by atoms with Gasteiger partial charge in [-0.25, -0.2) is 0 Å². The lowest BCUT2D eigenvalue weighted by molar-refractivity contribution is -0.139. The van der Waals surface area contributed by atoms with E-state index in [1.165, 1.54) is 6.08 Å². The van der Waals surface area contributed by atoms with E-state index in [-0.39, 0.29) is 12.3 Å². The molecule has 3 nitrogen and oxygen atoms in total. The first-order valence-corrected chi connectivity index (χ1v) is 7.18. The second-order valence-corrected chi connectivity index (χ2v) is 5.70. The number of furan rings is 1. The summed E-state index contributed by atoms with van der Waals surface area (Å²) in [4.78, 5) is 13.0. The smallest absolute Gasteiger partial charge is 0.406 e. The van der Waals surface area contributed by atoms with Crippen LogP contribution in [0.3, 0.4) is 0 Å². The van der Waals surface area contributed by atoms with Crippen LogP contribution >= 0.6 is 15.9 Å². The number of benzene rings is 1. The van der Waals surface area contributed by atoms with Crippen LogP contribution in [-0.4, -0.2) is 30.1 Å². The monoisotopic (exact) mass is 375 g/mol. The number of halogens is 4. The van der Waals surface area contributed by atoms with Crippen LogP contribution in [0.1, 0.15) is 16.1 Å². The van der Waals surface area contributed by atoms with Crippen molar-refractivity contribution >= 4 is 32.8 Å². The van der Waals surface area contributed by atoms with E-state index in [1.54, 1.807) is 25.1 Å². The first-order valence-electron chi connectivity index (χ1n) is 6.38. The van der Waals surface area contributed by atoms with E-state index in [1.807, 2.05) is 0 Å². The number of fused-ring (bicyclic) bond motifs is 1. The Kier molecular flexibility index (Phi) is 4.65. The number of amides is 1. The summed E-state index contributed by atoms with van der Waals surface area (Å²) in [6.07, 6.45) is -3.24. The summed E-state index contributed by atoms with van der Waals surface area (Å²) >= 11 is 3.31. The maximum absolute atomic E-state index is 12.6. The highest BCUT2D eigenvalue weighted by Crippen LogP contribution is 2.29. The van der Waals surface area contributed by atoms with Crippen molar-refractivity contribution < 1.29 is 22.4 Å². The van der Waals surface area contributed by atoms with E-state index in [0.717, 1.165) is 4.47 Å². The number of nitrogens with zero attached hydrogens (tertiary/aromatic N) is 1. The van der Waals surface area contributed by atoms with E-state index >= 15 is 0 Å². The number of alkyl halides is 3. The zero-order valence-corrected chi connectivity index (χ0v) is 13.3. The van der Waals surface area contributed by atoms with Crippen LogP contribution in [0.25, 0.3) is 11.0 Å². The third-order valence-corrected chi connectivity index (χ3v) is 3.59. The number of aryl methyl sites for hydroxylation is 1. The summed E-state index contributed by atoms with van der Waals surface area (Å²) in [6.45, 7) is 3.47. The Balaban J connectivity index is 2.42. The molecular weight excluding hydrogens is 363 g/mol. The molecule has 0 radical (unpaired) electrons. The van der Waals surface area contributed by atoms with Crippen molar-refractivity contribution in [2.45, 2.75) is 13.1 Å². The lowest BCUT2D eigenvalue weighted by Crippen LogP contribution is -2.39. The molecule has 0 aliphatic heterocycles. The summed E-state index contributed by atoms with van der Waals surface area (Å²) in [5.74, 6) is -0.888. The summed E-state index contributed by atoms with van der Waals surface area (Å²) < 4.78 is 44.0. The summed E-state index contributed by atoms with van der Waals surface area (Å²) in [6, 6.07) is 5.15. The van der Waals surface area contributed by atoms with Gasteiger partial charge in [0.25, 0.3) is 5.91 Å². The van der Waals surface area contributed by atoms with E-state index < -0.39 is 18.6 Å². The molecule has 22 heavy (non-hydrogen) atoms. The first kappa shape index (κ1) is 16.6. The van der Waals surface area contributed by atoms with E-state index in [2.05, 4.69) is 22.5 Å². The maximum Gasteiger partial charge on any atom is 0.406 e. The molecule has 2 rings (SSSR count). The third kappa shape index (κ3) is 3.52. The predicted octanol–water partition coefficient (Wildman–Crippen LogP) is 4.69. The molecule has 0 atom stereocenters. The van der Waals surface area contributed by atoms with Crippen LogP contribution in [0.15, 0.2) is 39.7 Å². The van der Waals surface area contributed by atoms with Crippen LogP contribution in [0.4, 0.5) is 13.2 Å². The predicted molar refractivity (Wildman–Crippen MR) is 80.8 cm³/mol. The van der Waals surface area contributed by atoms with Gasteiger partial charge >= 0.3 is 6.18 Å². The van der Waals surface area contributed by atoms with Gasteiger partial charge in [-0.15, -0.1) is 6.58 Å². The lowest BCUT2D eigenvalue weighted by Gasteiger charge is -2.21. The molecule has 1 aromatic carbocycles. The molecule has 0 aliphatic carbocycles. The Morgan fingerprint density at radius 2 is 2.14 bits per heavy atom. The van der Waals surface area contributed by atoms with Crippen LogP contribution in [0, 0.1) is 6.92 Å². The quantitative estimate of drug-likeness (QED) is 0.726. The molecule has 118 valence electrons. The molecule has 0 saturated heterocycles. The Hall–Kier alpha value is -1.76. The first-order chi connectivity index (χ1) is 10.2. The minimum Gasteiger partial charge on any atom is -0.451 e. The van der Waals surface area contributed by atoms with Crippen LogP contribution in [0.5, 0.6) is 0 Å². The fraction of sp³-hybridized carbons (Fsp3) is 0.267. The number of carbonyl (C=O) groups excluding carboxylic acids is 1. The molecular formula is C15H13BrF3NO2. The molecule has 0 fully saturated rings. The molecule has 1 amide bonds. The van der Waals surface area contributed by atoms with Crippen LogP contribution in [-0.2, 0) is 0 Å². The maximum atomic E-state index is 12.6. The molecule has 1 aromatic heterocycles. The van der Waals surface area contributed by atoms with E-state index in [0.29, 0.717) is 21.4 Å². The van der Waals surface area contributed by atoms with Crippen molar-refractivity contribution in [2.24, 2.45) is 0 Å². The summed E-state index contributed by atoms with van der Waals surface area (Å²) in [5.41, 5.74) is 0.965. The highest BCUT2D eigenvalue weighted by atomic mass is 79.9. The van der Waals surface area contributed by atoms with Gasteiger partial charge in [-0.2, -0.15) is 13.2 Å². The number of hydrogen-bond acceptors (Lipinski definition) is 2. The highest BCUT2D eigenvalue weighted by molar-refractivity contribution is 9.10. The molecule has 0 spiro atoms. The largest absolute Gasteiger partial charge is 0.451 e. The van der Waals surface area contributed by atoms with Gasteiger partial charge in [-0.1, -0.05) is 22.0 Å². The Bertz CT molecular complexity index is 721. The fourth-order valence-electron chi connectivity index (χ4n) is 2.13. The van der Waals surface area contributed by atoms with Gasteiger partial charge in [-0.05, 0) is 25.1 Å². The van der Waals surface area contributed by atoms with Crippen molar-refractivity contribution in [1.82, 2.24) is 4.90 Å². The highest BCUT2D eigenvalue weighted by Gasteiger charge is 2.34. The molecule has 0 bridgehead atoms. The van der Waals surface area contributed by atoms with Crippen molar-refractivity contribution in [3.63, 3.8) is 0 Å². The Morgan fingerprint density at radius 3 is 2.73 bits per heavy atom. The molecule has 7 heteroatoms. The summed E-state index contributed by atoms with van der Waals surface area (Å²) in [5, 5.41) is 0.684. The third-order valence-electron chi connectivity index (χ3n) is 3.10. The van der Waals surface area contributed by atoms with Crippen molar-refractivity contribution in [2.75, 3.05) is 13.1 Å². The molecule has 2 aromatic rings. The average molecular weight is 376 g/mol. The van der Waals surface area contributed by atoms with Gasteiger partial charge in [0.15, 0.2) is 5.76 Å². The second kappa shape index (κ2) is 6.16. The number of hydrogen-bond donors (Lipinski definition) is 0. The molecule has 1 heterocycles. The van der Waals surface area contributed by atoms with Gasteiger partial charge in [0.05, 0.1) is 0 Å². The lowest BCUT2D eigenvalue weighted by atomic mass is 10.1. The summed E-state index contributed by atoms with van der Waals surface area (Å²) in [7, 11) is 0. The van der Waals surface area contributed by atoms with Crippen molar-refractivity contribution in [1.29, 1.82) is 0 Å². The fourth-order valence-corrected chi connectivity index (χ4v) is 2.49. The zero-order chi connectivity index (χ0) is 16.5. The van der Waals surface area contributed by atoms with Gasteiger partial charge in [0.2, 0.25) is 0 Å². The molecule has 0 saturated carbocycles. The average Bonchev–Trinajstić information content (AvgIpc) is 2.73. The van der Waals surface area contributed by atoms with Crippen molar-refractivity contribution in [3.05, 3.63) is 46.7 Å². The molecule has 0 aliphatic rings. The van der Waals surface area contributed by atoms with Gasteiger partial charge in [0, 0.05) is 22.0 Å². The Labute approximate surface area is 133 Å². The SMILES string of the molecule is C=CCN(CC(F)(F)F)C(=O)c1oc2ccc(Br)cc2c1C. The zero-order valence-electron chi connectivity index (χ0n) is 11.7. The van der Waals surface area contributed by atoms with Gasteiger partial charge < -0.3 is 9.32 Å². The second-order valence-electron chi connectivity index (χ2n) is 4.79. The van der Waals surface area contributed by atoms with Gasteiger partial charge in [0.1, 0.15) is 12.1 Å². The Morgan fingerprint density at radius 1 is 1.45 bits per heavy atom. The molecule has 0 unspecified atom stereocenters. The van der Waals surface area contributed by atoms with E-state index in [4.69, 9.17) is 4.42 Å². The normalized spacial score (nSPS) is 11.7. The minimum absolute atomic E-state index is 0.0841. The molecule has 0 N–H and O–H groups in total. The standard InChI is InChI=1S/C15H13BrF3NO2/c1-3-6-20(8-15(17,18)19)14(21)13-9(2)11-7-10(16)4-5-12(11)22-13/h3-5,7H,1,6,8H2,2H3. The number of carbonyl (C=O) groups is 1. The van der Waals surface area contributed by atoms with Crippen LogP contribution in [0.2, 0.25) is 0 Å². The minimum atomic E-state index is -4.48. The van der Waals surface area contributed by atoms with Crippen LogP contribution < -0.4 is 0 Å². The van der Waals surface area contributed by atoms with Crippen molar-refractivity contribution in [3.8, 4) is 0 Å².